The fraction of sp³-hybridized carbons (Fsp3) is 0.267. The van der Waals surface area contributed by atoms with Crippen molar-refractivity contribution >= 4 is 27.7 Å². The van der Waals surface area contributed by atoms with Crippen molar-refractivity contribution in [1.29, 1.82) is 0 Å². The molecule has 1 aromatic carbocycles. The van der Waals surface area contributed by atoms with Gasteiger partial charge in [0.1, 0.15) is 0 Å². The number of rotatable bonds is 2. The van der Waals surface area contributed by atoms with Gasteiger partial charge in [0.25, 0.3) is 0 Å². The molecule has 6 heteroatoms. The number of carbonyl (C=O) groups excluding carboxylic acids is 2. The highest BCUT2D eigenvalue weighted by Gasteiger charge is 2.39. The molecule has 2 amide bonds. The quantitative estimate of drug-likeness (QED) is 0.846. The van der Waals surface area contributed by atoms with Crippen LogP contribution in [0.1, 0.15) is 29.5 Å². The van der Waals surface area contributed by atoms with Crippen LogP contribution in [-0.4, -0.2) is 21.4 Å². The van der Waals surface area contributed by atoms with Crippen molar-refractivity contribution in [1.82, 2.24) is 14.9 Å². The highest BCUT2D eigenvalue weighted by atomic mass is 79.9. The van der Waals surface area contributed by atoms with Crippen LogP contribution >= 0.6 is 15.9 Å². The number of benzene rings is 1. The predicted molar refractivity (Wildman–Crippen MR) is 80.6 cm³/mol. The van der Waals surface area contributed by atoms with Crippen LogP contribution in [0.4, 0.5) is 0 Å². The Bertz CT molecular complexity index is 710. The molecule has 2 unspecified atom stereocenters. The second-order valence-corrected chi connectivity index (χ2v) is 6.01. The Morgan fingerprint density at radius 1 is 1.33 bits per heavy atom. The minimum Gasteiger partial charge on any atom is -0.337 e. The summed E-state index contributed by atoms with van der Waals surface area (Å²) >= 11 is 3.50. The number of imidazole rings is 1. The number of carbonyl (C=O) groups is 2. The predicted octanol–water partition coefficient (Wildman–Crippen LogP) is 2.10. The fourth-order valence-electron chi connectivity index (χ4n) is 2.85. The topological polar surface area (TPSA) is 64.0 Å². The van der Waals surface area contributed by atoms with Crippen LogP contribution in [0.3, 0.4) is 0 Å². The normalized spacial score (nSPS) is 22.2. The minimum absolute atomic E-state index is 0.211. The molecule has 3 rings (SSSR count). The minimum atomic E-state index is -0.409. The number of piperidine rings is 1. The first-order valence-corrected chi connectivity index (χ1v) is 7.41. The molecule has 1 aliphatic rings. The number of aryl methyl sites for hydroxylation is 1. The summed E-state index contributed by atoms with van der Waals surface area (Å²) in [4.78, 5) is 28.3. The van der Waals surface area contributed by atoms with Crippen LogP contribution in [0.25, 0.3) is 0 Å². The number of nitrogens with one attached hydrogen (secondary N) is 1. The highest BCUT2D eigenvalue weighted by molar-refractivity contribution is 9.10. The average molecular weight is 348 g/mol. The molecular formula is C15H14BrN3O2. The van der Waals surface area contributed by atoms with Crippen LogP contribution in [-0.2, 0) is 16.6 Å². The lowest BCUT2D eigenvalue weighted by atomic mass is 9.79. The molecule has 0 saturated carbocycles. The van der Waals surface area contributed by atoms with E-state index in [4.69, 9.17) is 0 Å². The van der Waals surface area contributed by atoms with Crippen LogP contribution in [0.15, 0.2) is 41.3 Å². The number of halogens is 1. The Morgan fingerprint density at radius 3 is 2.76 bits per heavy atom. The van der Waals surface area contributed by atoms with E-state index in [1.807, 2.05) is 35.9 Å². The summed E-state index contributed by atoms with van der Waals surface area (Å²) in [6, 6.07) is 7.61. The molecule has 0 aliphatic carbocycles. The molecule has 1 aromatic heterocycles. The van der Waals surface area contributed by atoms with Crippen molar-refractivity contribution in [3.63, 3.8) is 0 Å². The zero-order valence-corrected chi connectivity index (χ0v) is 13.0. The van der Waals surface area contributed by atoms with Gasteiger partial charge in [-0.1, -0.05) is 34.1 Å². The van der Waals surface area contributed by atoms with Gasteiger partial charge in [-0.25, -0.2) is 4.98 Å². The van der Waals surface area contributed by atoms with Crippen LogP contribution < -0.4 is 5.32 Å². The molecule has 0 radical (unpaired) electrons. The molecular weight excluding hydrogens is 334 g/mol. The van der Waals surface area contributed by atoms with E-state index in [9.17, 15) is 9.59 Å². The smallest absolute Gasteiger partial charge is 0.234 e. The molecule has 1 N–H and O–H groups in total. The van der Waals surface area contributed by atoms with E-state index >= 15 is 0 Å². The van der Waals surface area contributed by atoms with Gasteiger partial charge in [-0.05, 0) is 11.6 Å². The molecule has 0 spiro atoms. The monoisotopic (exact) mass is 347 g/mol. The fourth-order valence-corrected chi connectivity index (χ4v) is 3.38. The first kappa shape index (κ1) is 14.0. The molecule has 108 valence electrons. The molecule has 1 fully saturated rings. The maximum atomic E-state index is 12.4. The van der Waals surface area contributed by atoms with Crippen molar-refractivity contribution in [2.45, 2.75) is 18.3 Å². The molecule has 2 heterocycles. The third-order valence-corrected chi connectivity index (χ3v) is 4.55. The lowest BCUT2D eigenvalue weighted by molar-refractivity contribution is -0.135. The Kier molecular flexibility index (Phi) is 3.63. The third-order valence-electron chi connectivity index (χ3n) is 3.83. The molecule has 1 saturated heterocycles. The van der Waals surface area contributed by atoms with Crippen molar-refractivity contribution in [3.8, 4) is 0 Å². The zero-order valence-electron chi connectivity index (χ0n) is 11.4. The number of imide groups is 1. The maximum absolute atomic E-state index is 12.4. The number of hydrogen-bond acceptors (Lipinski definition) is 3. The lowest BCUT2D eigenvalue weighted by Crippen LogP contribution is -2.44. The van der Waals surface area contributed by atoms with Gasteiger partial charge in [-0.3, -0.25) is 14.9 Å². The van der Waals surface area contributed by atoms with Crippen molar-refractivity contribution < 1.29 is 9.59 Å². The SMILES string of the molecule is Cn1cncc1C1CC(=O)NC(=O)C1c1ccccc1Br. The zero-order chi connectivity index (χ0) is 15.0. The van der Waals surface area contributed by atoms with Crippen LogP contribution in [0.2, 0.25) is 0 Å². The summed E-state index contributed by atoms with van der Waals surface area (Å²) in [7, 11) is 1.87. The first-order valence-electron chi connectivity index (χ1n) is 6.62. The largest absolute Gasteiger partial charge is 0.337 e. The van der Waals surface area contributed by atoms with Crippen molar-refractivity contribution in [3.05, 3.63) is 52.5 Å². The van der Waals surface area contributed by atoms with Crippen LogP contribution in [0.5, 0.6) is 0 Å². The third kappa shape index (κ3) is 2.51. The van der Waals surface area contributed by atoms with Gasteiger partial charge >= 0.3 is 0 Å². The van der Waals surface area contributed by atoms with E-state index in [1.165, 1.54) is 0 Å². The Labute approximate surface area is 130 Å². The number of aromatic nitrogens is 2. The molecule has 1 aliphatic heterocycles. The Morgan fingerprint density at radius 2 is 2.10 bits per heavy atom. The van der Waals surface area contributed by atoms with E-state index in [0.29, 0.717) is 0 Å². The molecule has 2 aromatic rings. The summed E-state index contributed by atoms with van der Waals surface area (Å²) in [5.74, 6) is -1.12. The summed E-state index contributed by atoms with van der Waals surface area (Å²) < 4.78 is 2.73. The van der Waals surface area contributed by atoms with E-state index in [-0.39, 0.29) is 24.2 Å². The molecule has 5 nitrogen and oxygen atoms in total. The van der Waals surface area contributed by atoms with Gasteiger partial charge in [0.05, 0.1) is 12.2 Å². The van der Waals surface area contributed by atoms with E-state index < -0.39 is 5.92 Å². The van der Waals surface area contributed by atoms with Gasteiger partial charge < -0.3 is 4.57 Å². The van der Waals surface area contributed by atoms with Gasteiger partial charge in [-0.15, -0.1) is 0 Å². The Hall–Kier alpha value is -1.95. The Balaban J connectivity index is 2.10. The molecule has 2 atom stereocenters. The van der Waals surface area contributed by atoms with E-state index in [2.05, 4.69) is 26.2 Å². The average Bonchev–Trinajstić information content (AvgIpc) is 2.85. The van der Waals surface area contributed by atoms with Crippen molar-refractivity contribution in [2.75, 3.05) is 0 Å². The summed E-state index contributed by atoms with van der Waals surface area (Å²) in [6.07, 6.45) is 3.68. The summed E-state index contributed by atoms with van der Waals surface area (Å²) in [5, 5.41) is 2.44. The summed E-state index contributed by atoms with van der Waals surface area (Å²) in [6.45, 7) is 0. The first-order chi connectivity index (χ1) is 10.1. The number of hydrogen-bond donors (Lipinski definition) is 1. The van der Waals surface area contributed by atoms with E-state index in [0.717, 1.165) is 15.7 Å². The molecule has 0 bridgehead atoms. The lowest BCUT2D eigenvalue weighted by Gasteiger charge is -2.31. The summed E-state index contributed by atoms with van der Waals surface area (Å²) in [5.41, 5.74) is 1.77. The van der Waals surface area contributed by atoms with Crippen LogP contribution in [0, 0.1) is 0 Å². The van der Waals surface area contributed by atoms with Gasteiger partial charge in [-0.2, -0.15) is 0 Å². The van der Waals surface area contributed by atoms with Gasteiger partial charge in [0, 0.05) is 35.7 Å². The second-order valence-electron chi connectivity index (χ2n) is 5.15. The highest BCUT2D eigenvalue weighted by Crippen LogP contribution is 2.40. The maximum Gasteiger partial charge on any atom is 0.234 e. The molecule has 21 heavy (non-hydrogen) atoms. The van der Waals surface area contributed by atoms with Gasteiger partial charge in [0.15, 0.2) is 0 Å². The van der Waals surface area contributed by atoms with E-state index in [1.54, 1.807) is 12.5 Å². The standard InChI is InChI=1S/C15H14BrN3O2/c1-19-8-17-7-12(19)10-6-13(20)18-15(21)14(10)9-4-2-3-5-11(9)16/h2-5,7-8,10,14H,6H2,1H3,(H,18,20,21). The van der Waals surface area contributed by atoms with Crippen molar-refractivity contribution in [2.24, 2.45) is 7.05 Å². The number of nitrogens with zero attached hydrogens (tertiary/aromatic N) is 2. The second kappa shape index (κ2) is 5.44. The van der Waals surface area contributed by atoms with Gasteiger partial charge in [0.2, 0.25) is 11.8 Å². The number of amides is 2.